The van der Waals surface area contributed by atoms with Crippen molar-refractivity contribution in [2.75, 3.05) is 25.5 Å². The molecule has 178 valence electrons. The van der Waals surface area contributed by atoms with E-state index >= 15 is 0 Å². The van der Waals surface area contributed by atoms with Gasteiger partial charge in [-0.1, -0.05) is 6.08 Å². The SMILES string of the molecule is CNc1ccn(-c2ccnc3c2cc(CN2CC=C(c4ccc(C(N)=O)cn4)CC2)n3C)c(=O)c1. The van der Waals surface area contributed by atoms with Crippen molar-refractivity contribution in [1.29, 1.82) is 0 Å². The number of nitrogens with zero attached hydrogens (tertiary/aromatic N) is 5. The first-order chi connectivity index (χ1) is 16.9. The number of amides is 1. The van der Waals surface area contributed by atoms with Crippen molar-refractivity contribution in [1.82, 2.24) is 24.0 Å². The molecule has 0 saturated carbocycles. The number of primary amides is 1. The van der Waals surface area contributed by atoms with Crippen LogP contribution in [0.2, 0.25) is 0 Å². The molecule has 3 N–H and O–H groups in total. The summed E-state index contributed by atoms with van der Waals surface area (Å²) in [6.07, 6.45) is 8.11. The molecule has 5 heterocycles. The quantitative estimate of drug-likeness (QED) is 0.449. The average molecular weight is 470 g/mol. The molecule has 0 fully saturated rings. The smallest absolute Gasteiger partial charge is 0.257 e. The Hall–Kier alpha value is -4.24. The molecule has 0 bridgehead atoms. The van der Waals surface area contributed by atoms with E-state index in [-0.39, 0.29) is 5.56 Å². The highest BCUT2D eigenvalue weighted by molar-refractivity contribution is 5.92. The molecule has 0 atom stereocenters. The lowest BCUT2D eigenvalue weighted by Gasteiger charge is -2.26. The minimum Gasteiger partial charge on any atom is -0.388 e. The van der Waals surface area contributed by atoms with E-state index in [4.69, 9.17) is 5.73 Å². The van der Waals surface area contributed by atoms with Gasteiger partial charge in [0.15, 0.2) is 0 Å². The Morgan fingerprint density at radius 2 is 2.03 bits per heavy atom. The van der Waals surface area contributed by atoms with E-state index in [1.165, 1.54) is 11.8 Å². The molecule has 0 unspecified atom stereocenters. The van der Waals surface area contributed by atoms with Gasteiger partial charge in [0, 0.05) is 75.2 Å². The number of aromatic nitrogens is 4. The molecule has 35 heavy (non-hydrogen) atoms. The standard InChI is InChI=1S/C26H27N7O2/c1-28-19-8-12-33(24(34)13-19)23-5-9-29-26-21(23)14-20(31(26)2)16-32-10-6-17(7-11-32)22-4-3-18(15-30-22)25(27)35/h3-6,8-9,12-15,28H,7,10-11,16H2,1-2H3,(H2,27,35). The summed E-state index contributed by atoms with van der Waals surface area (Å²) in [7, 11) is 3.80. The molecule has 0 aromatic carbocycles. The maximum Gasteiger partial charge on any atom is 0.257 e. The molecule has 9 nitrogen and oxygen atoms in total. The molecule has 0 radical (unpaired) electrons. The fourth-order valence-electron chi connectivity index (χ4n) is 4.50. The van der Waals surface area contributed by atoms with Gasteiger partial charge in [-0.25, -0.2) is 4.98 Å². The number of aryl methyl sites for hydroxylation is 1. The molecular formula is C26H27N7O2. The normalized spacial score (nSPS) is 14.2. The van der Waals surface area contributed by atoms with Gasteiger partial charge < -0.3 is 15.6 Å². The first kappa shape index (κ1) is 22.5. The fraction of sp³-hybridized carbons (Fsp3) is 0.231. The van der Waals surface area contributed by atoms with Crippen LogP contribution in [-0.2, 0) is 13.6 Å². The Morgan fingerprint density at radius 1 is 1.17 bits per heavy atom. The molecule has 0 saturated heterocycles. The summed E-state index contributed by atoms with van der Waals surface area (Å²) >= 11 is 0. The summed E-state index contributed by atoms with van der Waals surface area (Å²) in [4.78, 5) is 35.3. The van der Waals surface area contributed by atoms with Crippen molar-refractivity contribution < 1.29 is 4.79 Å². The predicted octanol–water partition coefficient (Wildman–Crippen LogP) is 2.55. The predicted molar refractivity (Wildman–Crippen MR) is 136 cm³/mol. The second-order valence-electron chi connectivity index (χ2n) is 8.65. The van der Waals surface area contributed by atoms with E-state index in [2.05, 4.69) is 36.9 Å². The Bertz CT molecular complexity index is 1500. The van der Waals surface area contributed by atoms with Crippen LogP contribution in [0.3, 0.4) is 0 Å². The molecule has 1 aliphatic rings. The summed E-state index contributed by atoms with van der Waals surface area (Å²) < 4.78 is 3.75. The number of carbonyl (C=O) groups is 1. The van der Waals surface area contributed by atoms with E-state index in [1.54, 1.807) is 36.1 Å². The van der Waals surface area contributed by atoms with Crippen LogP contribution in [0.5, 0.6) is 0 Å². The zero-order valence-corrected chi connectivity index (χ0v) is 19.7. The number of hydrogen-bond acceptors (Lipinski definition) is 6. The Balaban J connectivity index is 1.38. The van der Waals surface area contributed by atoms with Crippen molar-refractivity contribution in [3.63, 3.8) is 0 Å². The van der Waals surface area contributed by atoms with Crippen molar-refractivity contribution in [3.05, 3.63) is 88.4 Å². The van der Waals surface area contributed by atoms with Crippen LogP contribution in [0.4, 0.5) is 5.69 Å². The number of nitrogens with one attached hydrogen (secondary N) is 1. The Labute approximate surface area is 202 Å². The van der Waals surface area contributed by atoms with Gasteiger partial charge in [0.2, 0.25) is 5.91 Å². The zero-order chi connectivity index (χ0) is 24.5. The van der Waals surface area contributed by atoms with E-state index in [1.807, 2.05) is 25.2 Å². The van der Waals surface area contributed by atoms with Gasteiger partial charge in [0.1, 0.15) is 5.65 Å². The lowest BCUT2D eigenvalue weighted by Crippen LogP contribution is -2.29. The van der Waals surface area contributed by atoms with E-state index in [9.17, 15) is 9.59 Å². The highest BCUT2D eigenvalue weighted by atomic mass is 16.1. The highest BCUT2D eigenvalue weighted by Gasteiger charge is 2.18. The molecule has 5 rings (SSSR count). The number of hydrogen-bond donors (Lipinski definition) is 2. The number of nitrogens with two attached hydrogens (primary N) is 1. The van der Waals surface area contributed by atoms with Gasteiger partial charge in [0.05, 0.1) is 16.9 Å². The van der Waals surface area contributed by atoms with Gasteiger partial charge in [0.25, 0.3) is 5.56 Å². The number of pyridine rings is 3. The first-order valence-corrected chi connectivity index (χ1v) is 11.5. The summed E-state index contributed by atoms with van der Waals surface area (Å²) in [5.74, 6) is -0.472. The Kier molecular flexibility index (Phi) is 5.92. The lowest BCUT2D eigenvalue weighted by atomic mass is 10.0. The van der Waals surface area contributed by atoms with Crippen molar-refractivity contribution in [3.8, 4) is 5.69 Å². The van der Waals surface area contributed by atoms with Crippen LogP contribution < -0.4 is 16.6 Å². The van der Waals surface area contributed by atoms with E-state index in [0.29, 0.717) is 5.56 Å². The fourth-order valence-corrected chi connectivity index (χ4v) is 4.50. The minimum atomic E-state index is -0.472. The number of carbonyl (C=O) groups excluding carboxylic acids is 1. The average Bonchev–Trinajstić information content (AvgIpc) is 3.20. The number of fused-ring (bicyclic) bond motifs is 1. The van der Waals surface area contributed by atoms with Gasteiger partial charge in [-0.05, 0) is 42.3 Å². The monoisotopic (exact) mass is 469 g/mol. The molecule has 1 amide bonds. The third kappa shape index (κ3) is 4.33. The molecule has 4 aromatic rings. The summed E-state index contributed by atoms with van der Waals surface area (Å²) in [5.41, 5.74) is 11.2. The summed E-state index contributed by atoms with van der Waals surface area (Å²) in [6, 6.07) is 11.0. The first-order valence-electron chi connectivity index (χ1n) is 11.5. The number of rotatable bonds is 6. The molecule has 1 aliphatic heterocycles. The third-order valence-corrected chi connectivity index (χ3v) is 6.53. The highest BCUT2D eigenvalue weighted by Crippen LogP contribution is 2.26. The molecule has 0 aliphatic carbocycles. The molecule has 4 aromatic heterocycles. The van der Waals surface area contributed by atoms with Crippen molar-refractivity contribution in [2.45, 2.75) is 13.0 Å². The van der Waals surface area contributed by atoms with Crippen LogP contribution in [-0.4, -0.2) is 50.0 Å². The zero-order valence-electron chi connectivity index (χ0n) is 19.7. The summed E-state index contributed by atoms with van der Waals surface area (Å²) in [5, 5.41) is 3.94. The molecule has 0 spiro atoms. The summed E-state index contributed by atoms with van der Waals surface area (Å²) in [6.45, 7) is 2.44. The van der Waals surface area contributed by atoms with Crippen LogP contribution in [0, 0.1) is 0 Å². The van der Waals surface area contributed by atoms with Gasteiger partial charge in [-0.2, -0.15) is 0 Å². The minimum absolute atomic E-state index is 0.0964. The van der Waals surface area contributed by atoms with Crippen molar-refractivity contribution >= 4 is 28.2 Å². The van der Waals surface area contributed by atoms with Crippen LogP contribution >= 0.6 is 0 Å². The van der Waals surface area contributed by atoms with Crippen LogP contribution in [0.1, 0.15) is 28.2 Å². The second-order valence-corrected chi connectivity index (χ2v) is 8.65. The largest absolute Gasteiger partial charge is 0.388 e. The van der Waals surface area contributed by atoms with Crippen LogP contribution in [0.15, 0.2) is 65.9 Å². The second kappa shape index (κ2) is 9.19. The van der Waals surface area contributed by atoms with Crippen LogP contribution in [0.25, 0.3) is 22.3 Å². The molecular weight excluding hydrogens is 442 g/mol. The lowest BCUT2D eigenvalue weighted by molar-refractivity contribution is 0.1000. The van der Waals surface area contributed by atoms with E-state index in [0.717, 1.165) is 59.9 Å². The Morgan fingerprint density at radius 3 is 2.69 bits per heavy atom. The van der Waals surface area contributed by atoms with Gasteiger partial charge in [-0.3, -0.25) is 24.0 Å². The number of anilines is 1. The topological polar surface area (TPSA) is 111 Å². The third-order valence-electron chi connectivity index (χ3n) is 6.53. The van der Waals surface area contributed by atoms with E-state index < -0.39 is 5.91 Å². The maximum atomic E-state index is 12.7. The van der Waals surface area contributed by atoms with Gasteiger partial charge >= 0.3 is 0 Å². The van der Waals surface area contributed by atoms with Gasteiger partial charge in [-0.15, -0.1) is 0 Å². The molecule has 9 heteroatoms. The van der Waals surface area contributed by atoms with Crippen molar-refractivity contribution in [2.24, 2.45) is 12.8 Å². The maximum absolute atomic E-state index is 12.7.